The Kier molecular flexibility index (Phi) is 6.12. The summed E-state index contributed by atoms with van der Waals surface area (Å²) in [6.07, 6.45) is 3.73. The molecule has 1 fully saturated rings. The summed E-state index contributed by atoms with van der Waals surface area (Å²) < 4.78 is 12.1. The Bertz CT molecular complexity index is 1650. The second kappa shape index (κ2) is 9.72. The van der Waals surface area contributed by atoms with Gasteiger partial charge in [-0.15, -0.1) is 0 Å². The number of benzene rings is 3. The van der Waals surface area contributed by atoms with E-state index in [1.54, 1.807) is 24.2 Å². The van der Waals surface area contributed by atoms with Gasteiger partial charge < -0.3 is 14.6 Å². The van der Waals surface area contributed by atoms with E-state index >= 15 is 0 Å². The van der Waals surface area contributed by atoms with Crippen LogP contribution in [0, 0.1) is 0 Å². The van der Waals surface area contributed by atoms with Crippen molar-refractivity contribution in [2.45, 2.75) is 25.0 Å². The van der Waals surface area contributed by atoms with Crippen molar-refractivity contribution < 1.29 is 14.6 Å². The molecule has 0 bridgehead atoms. The molecule has 2 atom stereocenters. The third-order valence-corrected chi connectivity index (χ3v) is 6.99. The van der Waals surface area contributed by atoms with Gasteiger partial charge in [0.05, 0.1) is 48.8 Å². The number of nitrogens with zero attached hydrogens (tertiary/aromatic N) is 4. The van der Waals surface area contributed by atoms with Crippen molar-refractivity contribution in [1.82, 2.24) is 19.5 Å². The number of rotatable bonds is 5. The second-order valence-corrected chi connectivity index (χ2v) is 9.23. The Hall–Kier alpha value is -4.14. The van der Waals surface area contributed by atoms with E-state index in [4.69, 9.17) is 9.47 Å². The molecule has 1 aliphatic heterocycles. The zero-order valence-corrected chi connectivity index (χ0v) is 20.4. The van der Waals surface area contributed by atoms with Crippen LogP contribution in [0.2, 0.25) is 0 Å². The first-order valence-corrected chi connectivity index (χ1v) is 12.3. The number of fused-ring (bicyclic) bond motifs is 3. The van der Waals surface area contributed by atoms with Crippen LogP contribution in [0.4, 0.5) is 0 Å². The number of aromatic nitrogens is 4. The largest absolute Gasteiger partial charge is 0.467 e. The molecular formula is C29H26N4O4. The van der Waals surface area contributed by atoms with E-state index in [0.717, 1.165) is 33.2 Å². The fraction of sp³-hybridized carbons (Fsp3) is 0.241. The Balaban J connectivity index is 1.40. The van der Waals surface area contributed by atoms with Gasteiger partial charge in [0.25, 0.3) is 5.56 Å². The molecule has 8 nitrogen and oxygen atoms in total. The quantitative estimate of drug-likeness (QED) is 0.370. The molecule has 0 spiro atoms. The van der Waals surface area contributed by atoms with Crippen LogP contribution in [0.25, 0.3) is 32.9 Å². The summed E-state index contributed by atoms with van der Waals surface area (Å²) in [6.45, 7) is 0.725. The molecule has 0 aliphatic carbocycles. The van der Waals surface area contributed by atoms with E-state index in [2.05, 4.69) is 33.2 Å². The van der Waals surface area contributed by atoms with Crippen molar-refractivity contribution in [3.05, 3.63) is 94.7 Å². The minimum absolute atomic E-state index is 0.143. The minimum Gasteiger partial charge on any atom is -0.467 e. The van der Waals surface area contributed by atoms with Crippen LogP contribution in [0.15, 0.2) is 78.0 Å². The van der Waals surface area contributed by atoms with E-state index in [1.807, 2.05) is 42.5 Å². The maximum atomic E-state index is 13.6. The lowest BCUT2D eigenvalue weighted by atomic mass is 9.95. The van der Waals surface area contributed by atoms with Crippen LogP contribution in [0.5, 0.6) is 6.01 Å². The third-order valence-electron chi connectivity index (χ3n) is 6.99. The molecule has 1 aliphatic rings. The number of aliphatic hydroxyl groups is 1. The summed E-state index contributed by atoms with van der Waals surface area (Å²) in [4.78, 5) is 26.8. The SMILES string of the molecule is COc1nccc(-c2ccc(Cc3cc4c(=O)n([C@H]5CCOC[C@@H]5O)cnc4c4ccccc34)cc2)n1. The summed E-state index contributed by atoms with van der Waals surface area (Å²) in [7, 11) is 1.55. The van der Waals surface area contributed by atoms with Crippen LogP contribution in [-0.4, -0.2) is 51.1 Å². The highest BCUT2D eigenvalue weighted by atomic mass is 16.5. The topological polar surface area (TPSA) is 99.4 Å². The predicted molar refractivity (Wildman–Crippen MR) is 141 cm³/mol. The van der Waals surface area contributed by atoms with Crippen molar-refractivity contribution in [1.29, 1.82) is 0 Å². The molecule has 0 amide bonds. The fourth-order valence-corrected chi connectivity index (χ4v) is 5.08. The number of hydrogen-bond donors (Lipinski definition) is 1. The lowest BCUT2D eigenvalue weighted by Crippen LogP contribution is -2.39. The van der Waals surface area contributed by atoms with Gasteiger partial charge in [0.2, 0.25) is 0 Å². The van der Waals surface area contributed by atoms with Gasteiger partial charge in [0.1, 0.15) is 0 Å². The first kappa shape index (κ1) is 23.3. The standard InChI is InChI=1S/C29H26N4O4/c1-36-29-30-12-10-24(32-29)19-8-6-18(7-9-19)14-20-15-23-27(22-5-3-2-4-21(20)22)31-17-33(28(23)35)25-11-13-37-16-26(25)34/h2-10,12,15,17,25-26,34H,11,13-14,16H2,1H3/t25-,26-/m0/s1. The van der Waals surface area contributed by atoms with Gasteiger partial charge in [0.15, 0.2) is 0 Å². The predicted octanol–water partition coefficient (Wildman–Crippen LogP) is 3.93. The normalized spacial score (nSPS) is 17.8. The van der Waals surface area contributed by atoms with Crippen molar-refractivity contribution in [3.63, 3.8) is 0 Å². The second-order valence-electron chi connectivity index (χ2n) is 9.23. The summed E-state index contributed by atoms with van der Waals surface area (Å²) in [5.74, 6) is 0. The maximum Gasteiger partial charge on any atom is 0.316 e. The molecule has 1 N–H and O–H groups in total. The molecule has 37 heavy (non-hydrogen) atoms. The number of hydrogen-bond acceptors (Lipinski definition) is 7. The molecule has 0 unspecified atom stereocenters. The lowest BCUT2D eigenvalue weighted by molar-refractivity contribution is -0.0395. The van der Waals surface area contributed by atoms with Crippen LogP contribution in [0.1, 0.15) is 23.6 Å². The van der Waals surface area contributed by atoms with Crippen molar-refractivity contribution in [2.24, 2.45) is 0 Å². The van der Waals surface area contributed by atoms with Gasteiger partial charge >= 0.3 is 6.01 Å². The molecule has 0 saturated carbocycles. The third kappa shape index (κ3) is 4.34. The highest BCUT2D eigenvalue weighted by molar-refractivity contribution is 6.06. The van der Waals surface area contributed by atoms with Gasteiger partial charge in [-0.1, -0.05) is 48.5 Å². The minimum atomic E-state index is -0.737. The van der Waals surface area contributed by atoms with Gasteiger partial charge in [-0.3, -0.25) is 9.36 Å². The summed E-state index contributed by atoms with van der Waals surface area (Å²) >= 11 is 0. The number of aliphatic hydroxyl groups excluding tert-OH is 1. The summed E-state index contributed by atoms with van der Waals surface area (Å²) in [5.41, 5.74) is 4.44. The molecule has 3 aromatic carbocycles. The molecule has 5 aromatic rings. The highest BCUT2D eigenvalue weighted by Gasteiger charge is 2.27. The van der Waals surface area contributed by atoms with Gasteiger partial charge in [0, 0.05) is 23.8 Å². The summed E-state index contributed by atoms with van der Waals surface area (Å²) in [5, 5.41) is 13.0. The first-order valence-electron chi connectivity index (χ1n) is 12.3. The maximum absolute atomic E-state index is 13.6. The Morgan fingerprint density at radius 1 is 1.05 bits per heavy atom. The van der Waals surface area contributed by atoms with Gasteiger partial charge in [-0.25, -0.2) is 9.97 Å². The van der Waals surface area contributed by atoms with Crippen LogP contribution >= 0.6 is 0 Å². The zero-order chi connectivity index (χ0) is 25.4. The van der Waals surface area contributed by atoms with E-state index in [0.29, 0.717) is 36.4 Å². The van der Waals surface area contributed by atoms with E-state index in [-0.39, 0.29) is 18.2 Å². The number of methoxy groups -OCH3 is 1. The molecular weight excluding hydrogens is 468 g/mol. The van der Waals surface area contributed by atoms with E-state index < -0.39 is 6.10 Å². The number of ether oxygens (including phenoxy) is 2. The van der Waals surface area contributed by atoms with Crippen LogP contribution in [-0.2, 0) is 11.2 Å². The van der Waals surface area contributed by atoms with E-state index in [9.17, 15) is 9.90 Å². The molecule has 0 radical (unpaired) electrons. The average molecular weight is 495 g/mol. The lowest BCUT2D eigenvalue weighted by Gasteiger charge is -2.29. The van der Waals surface area contributed by atoms with Crippen molar-refractivity contribution in [3.8, 4) is 17.3 Å². The summed E-state index contributed by atoms with van der Waals surface area (Å²) in [6, 6.07) is 20.0. The van der Waals surface area contributed by atoms with Crippen molar-refractivity contribution >= 4 is 21.7 Å². The molecule has 2 aromatic heterocycles. The average Bonchev–Trinajstić information content (AvgIpc) is 2.95. The zero-order valence-electron chi connectivity index (χ0n) is 20.4. The monoisotopic (exact) mass is 494 g/mol. The molecule has 6 rings (SSSR count). The van der Waals surface area contributed by atoms with Gasteiger partial charge in [-0.05, 0) is 41.5 Å². The smallest absolute Gasteiger partial charge is 0.316 e. The molecule has 186 valence electrons. The molecule has 8 heteroatoms. The highest BCUT2D eigenvalue weighted by Crippen LogP contribution is 2.29. The van der Waals surface area contributed by atoms with Gasteiger partial charge in [-0.2, -0.15) is 4.98 Å². The Morgan fingerprint density at radius 3 is 2.65 bits per heavy atom. The van der Waals surface area contributed by atoms with Crippen molar-refractivity contribution in [2.75, 3.05) is 20.3 Å². The van der Waals surface area contributed by atoms with Crippen LogP contribution < -0.4 is 10.3 Å². The Morgan fingerprint density at radius 2 is 1.86 bits per heavy atom. The van der Waals surface area contributed by atoms with E-state index in [1.165, 1.54) is 0 Å². The van der Waals surface area contributed by atoms with Crippen LogP contribution in [0.3, 0.4) is 0 Å². The Labute approximate surface area is 213 Å². The fourth-order valence-electron chi connectivity index (χ4n) is 5.08. The molecule has 3 heterocycles. The molecule has 1 saturated heterocycles. The first-order chi connectivity index (χ1) is 18.1.